The van der Waals surface area contributed by atoms with Crippen LogP contribution in [0.1, 0.15) is 46.2 Å². The highest BCUT2D eigenvalue weighted by molar-refractivity contribution is 7.49. The van der Waals surface area contributed by atoms with E-state index in [1.165, 1.54) is 0 Å². The predicted molar refractivity (Wildman–Crippen MR) is 115 cm³/mol. The third kappa shape index (κ3) is 3.65. The van der Waals surface area contributed by atoms with E-state index in [0.717, 1.165) is 33.4 Å². The number of phosphoric acid groups is 1. The van der Waals surface area contributed by atoms with E-state index in [1.807, 2.05) is 76.2 Å². The minimum absolute atomic E-state index is 0.0228. The van der Waals surface area contributed by atoms with Crippen LogP contribution in [0.2, 0.25) is 0 Å². The Morgan fingerprint density at radius 3 is 1.86 bits per heavy atom. The summed E-state index contributed by atoms with van der Waals surface area (Å²) < 4.78 is 31.9. The molecule has 3 aromatic carbocycles. The van der Waals surface area contributed by atoms with Crippen LogP contribution in [-0.4, -0.2) is 0 Å². The van der Waals surface area contributed by atoms with Gasteiger partial charge in [-0.05, 0) is 50.5 Å². The molecule has 0 amide bonds. The second kappa shape index (κ2) is 7.27. The SMILES string of the molecule is Cc1ccc(OP2(=O)Oc3c(C)cccc3C(C)c3cccc(C)c3O2)c(C)c1. The monoisotopic (exact) mass is 408 g/mol. The average molecular weight is 408 g/mol. The van der Waals surface area contributed by atoms with Gasteiger partial charge in [0.1, 0.15) is 17.2 Å². The highest BCUT2D eigenvalue weighted by Crippen LogP contribution is 2.56. The minimum atomic E-state index is -3.99. The Bertz CT molecular complexity index is 1080. The van der Waals surface area contributed by atoms with Crippen LogP contribution in [0.4, 0.5) is 0 Å². The first-order valence-corrected chi connectivity index (χ1v) is 11.2. The zero-order valence-electron chi connectivity index (χ0n) is 17.4. The molecule has 3 aromatic rings. The van der Waals surface area contributed by atoms with E-state index in [2.05, 4.69) is 6.92 Å². The molecule has 150 valence electrons. The maximum Gasteiger partial charge on any atom is 0.647 e. The Kier molecular flexibility index (Phi) is 4.92. The number of phosphoric ester groups is 1. The number of benzene rings is 3. The lowest BCUT2D eigenvalue weighted by atomic mass is 9.89. The topological polar surface area (TPSA) is 44.8 Å². The van der Waals surface area contributed by atoms with Crippen molar-refractivity contribution >= 4 is 7.82 Å². The fourth-order valence-electron chi connectivity index (χ4n) is 3.75. The molecule has 0 saturated heterocycles. The second-order valence-corrected chi connectivity index (χ2v) is 9.14. The maximum atomic E-state index is 13.9. The second-order valence-electron chi connectivity index (χ2n) is 7.70. The first-order chi connectivity index (χ1) is 13.8. The Labute approximate surface area is 172 Å². The van der Waals surface area contributed by atoms with Crippen molar-refractivity contribution in [2.24, 2.45) is 0 Å². The normalized spacial score (nSPS) is 20.4. The molecular formula is C24H25O4P. The molecule has 0 fully saturated rings. The van der Waals surface area contributed by atoms with E-state index < -0.39 is 7.82 Å². The molecule has 1 aliphatic rings. The van der Waals surface area contributed by atoms with Crippen molar-refractivity contribution in [3.63, 3.8) is 0 Å². The summed E-state index contributed by atoms with van der Waals surface area (Å²) in [5, 5.41) is 0. The fraction of sp³-hybridized carbons (Fsp3) is 0.250. The van der Waals surface area contributed by atoms with Crippen LogP contribution in [0.25, 0.3) is 0 Å². The smallest absolute Gasteiger partial charge is 0.386 e. The van der Waals surface area contributed by atoms with Crippen LogP contribution < -0.4 is 13.6 Å². The van der Waals surface area contributed by atoms with Gasteiger partial charge in [0, 0.05) is 17.0 Å². The molecule has 4 rings (SSSR count). The van der Waals surface area contributed by atoms with Crippen LogP contribution >= 0.6 is 7.82 Å². The summed E-state index contributed by atoms with van der Waals surface area (Å²) in [7, 11) is -3.99. The van der Waals surface area contributed by atoms with Gasteiger partial charge in [0.2, 0.25) is 0 Å². The van der Waals surface area contributed by atoms with Gasteiger partial charge in [-0.15, -0.1) is 0 Å². The molecule has 0 N–H and O–H groups in total. The molecule has 4 nitrogen and oxygen atoms in total. The van der Waals surface area contributed by atoms with Gasteiger partial charge in [-0.25, -0.2) is 0 Å². The van der Waals surface area contributed by atoms with Gasteiger partial charge >= 0.3 is 7.82 Å². The Morgan fingerprint density at radius 2 is 1.34 bits per heavy atom. The van der Waals surface area contributed by atoms with Crippen LogP contribution in [0.15, 0.2) is 54.6 Å². The lowest BCUT2D eigenvalue weighted by Gasteiger charge is -2.29. The number of fused-ring (bicyclic) bond motifs is 2. The summed E-state index contributed by atoms with van der Waals surface area (Å²) >= 11 is 0. The largest absolute Gasteiger partial charge is 0.647 e. The molecule has 0 aromatic heterocycles. The average Bonchev–Trinajstić information content (AvgIpc) is 2.66. The summed E-state index contributed by atoms with van der Waals surface area (Å²) in [6.45, 7) is 9.89. The number of para-hydroxylation sites is 2. The lowest BCUT2D eigenvalue weighted by molar-refractivity contribution is 0.291. The first kappa shape index (κ1) is 19.6. The third-order valence-electron chi connectivity index (χ3n) is 5.36. The summed E-state index contributed by atoms with van der Waals surface area (Å²) in [5.74, 6) is 1.62. The molecule has 0 atom stereocenters. The van der Waals surface area contributed by atoms with Gasteiger partial charge in [0.15, 0.2) is 0 Å². The molecule has 29 heavy (non-hydrogen) atoms. The van der Waals surface area contributed by atoms with Crippen molar-refractivity contribution in [1.82, 2.24) is 0 Å². The van der Waals surface area contributed by atoms with Crippen LogP contribution in [0, 0.1) is 27.7 Å². The Balaban J connectivity index is 1.89. The van der Waals surface area contributed by atoms with Crippen molar-refractivity contribution < 1.29 is 18.1 Å². The molecular weight excluding hydrogens is 383 g/mol. The minimum Gasteiger partial charge on any atom is -0.386 e. The summed E-state index contributed by atoms with van der Waals surface area (Å²) in [6.07, 6.45) is 0. The molecule has 0 bridgehead atoms. The summed E-state index contributed by atoms with van der Waals surface area (Å²) in [5.41, 5.74) is 5.67. The maximum absolute atomic E-state index is 13.9. The first-order valence-electron chi connectivity index (χ1n) is 9.72. The Morgan fingerprint density at radius 1 is 0.793 bits per heavy atom. The molecule has 5 heteroatoms. The van der Waals surface area contributed by atoms with E-state index in [1.54, 1.807) is 6.07 Å². The third-order valence-corrected chi connectivity index (χ3v) is 6.60. The molecule has 0 spiro atoms. The predicted octanol–water partition coefficient (Wildman–Crippen LogP) is 7.03. The zero-order valence-corrected chi connectivity index (χ0v) is 18.2. The molecule has 0 aliphatic carbocycles. The van der Waals surface area contributed by atoms with Gasteiger partial charge in [0.05, 0.1) is 0 Å². The van der Waals surface area contributed by atoms with Gasteiger partial charge in [0.25, 0.3) is 0 Å². The van der Waals surface area contributed by atoms with Gasteiger partial charge in [-0.3, -0.25) is 0 Å². The van der Waals surface area contributed by atoms with Gasteiger partial charge < -0.3 is 13.6 Å². The summed E-state index contributed by atoms with van der Waals surface area (Å²) in [4.78, 5) is 0. The van der Waals surface area contributed by atoms with Crippen molar-refractivity contribution in [1.29, 1.82) is 0 Å². The van der Waals surface area contributed by atoms with Crippen LogP contribution in [0.5, 0.6) is 17.2 Å². The number of aryl methyl sites for hydroxylation is 4. The number of rotatable bonds is 2. The van der Waals surface area contributed by atoms with Crippen molar-refractivity contribution in [3.8, 4) is 17.2 Å². The number of hydrogen-bond acceptors (Lipinski definition) is 4. The molecule has 0 radical (unpaired) electrons. The Hall–Kier alpha value is -2.71. The highest BCUT2D eigenvalue weighted by atomic mass is 31.2. The quantitative estimate of drug-likeness (QED) is 0.427. The van der Waals surface area contributed by atoms with Crippen molar-refractivity contribution in [3.05, 3.63) is 88.0 Å². The van der Waals surface area contributed by atoms with Crippen molar-refractivity contribution in [2.75, 3.05) is 0 Å². The van der Waals surface area contributed by atoms with Crippen molar-refractivity contribution in [2.45, 2.75) is 40.5 Å². The standard InChI is InChI=1S/C24H25O4P/c1-15-12-13-22(18(4)14-15)26-29(25)27-23-16(2)8-6-10-20(23)19(5)21-11-7-9-17(3)24(21)28-29/h6-14,19H,1-5H3. The van der Waals surface area contributed by atoms with E-state index in [0.29, 0.717) is 17.2 Å². The zero-order chi connectivity index (χ0) is 20.8. The highest BCUT2D eigenvalue weighted by Gasteiger charge is 2.39. The van der Waals surface area contributed by atoms with E-state index >= 15 is 0 Å². The number of hydrogen-bond donors (Lipinski definition) is 0. The fourth-order valence-corrected chi connectivity index (χ4v) is 5.25. The van der Waals surface area contributed by atoms with Crippen LogP contribution in [0.3, 0.4) is 0 Å². The molecule has 0 unspecified atom stereocenters. The van der Waals surface area contributed by atoms with E-state index in [9.17, 15) is 4.57 Å². The molecule has 0 saturated carbocycles. The lowest BCUT2D eigenvalue weighted by Crippen LogP contribution is -2.15. The molecule has 1 heterocycles. The van der Waals surface area contributed by atoms with Gasteiger partial charge in [-0.1, -0.05) is 61.0 Å². The van der Waals surface area contributed by atoms with E-state index in [4.69, 9.17) is 13.6 Å². The summed E-state index contributed by atoms with van der Waals surface area (Å²) in [6, 6.07) is 17.6. The molecule has 1 aliphatic heterocycles. The van der Waals surface area contributed by atoms with Gasteiger partial charge in [-0.2, -0.15) is 4.57 Å². The van der Waals surface area contributed by atoms with Crippen LogP contribution in [-0.2, 0) is 4.57 Å². The van der Waals surface area contributed by atoms with E-state index in [-0.39, 0.29) is 5.92 Å².